The molecule has 6 heteroatoms. The summed E-state index contributed by atoms with van der Waals surface area (Å²) >= 11 is 6.21. The number of halogens is 2. The Balaban J connectivity index is 2.00. The third-order valence-electron chi connectivity index (χ3n) is 5.65. The van der Waals surface area contributed by atoms with Crippen molar-refractivity contribution >= 4 is 23.1 Å². The van der Waals surface area contributed by atoms with Gasteiger partial charge in [-0.1, -0.05) is 43.6 Å². The molecule has 1 heterocycles. The average molecular weight is 422 g/mol. The van der Waals surface area contributed by atoms with E-state index in [1.807, 2.05) is 19.9 Å². The predicted octanol–water partition coefficient (Wildman–Crippen LogP) is 5.42. The van der Waals surface area contributed by atoms with Gasteiger partial charge in [-0.25, -0.2) is 4.39 Å². The van der Waals surface area contributed by atoms with Crippen LogP contribution in [0.3, 0.4) is 0 Å². The summed E-state index contributed by atoms with van der Waals surface area (Å²) in [5.41, 5.74) is 9.23. The van der Waals surface area contributed by atoms with Gasteiger partial charge in [0.15, 0.2) is 5.78 Å². The Morgan fingerprint density at radius 2 is 1.90 bits per heavy atom. The smallest absolute Gasteiger partial charge is 0.162 e. The Morgan fingerprint density at radius 1 is 1.20 bits per heavy atom. The summed E-state index contributed by atoms with van der Waals surface area (Å²) in [7, 11) is 0. The van der Waals surface area contributed by atoms with Gasteiger partial charge in [0.25, 0.3) is 0 Å². The van der Waals surface area contributed by atoms with Crippen LogP contribution in [0, 0.1) is 22.6 Å². The van der Waals surface area contributed by atoms with E-state index in [4.69, 9.17) is 17.3 Å². The van der Waals surface area contributed by atoms with Crippen LogP contribution in [0.2, 0.25) is 5.02 Å². The molecule has 0 saturated carbocycles. The number of Topliss-reactive ketones (excluding diaryl/α,β-unsaturated/α-hetero) is 1. The van der Waals surface area contributed by atoms with E-state index < -0.39 is 5.92 Å². The molecule has 2 aliphatic rings. The highest BCUT2D eigenvalue weighted by molar-refractivity contribution is 6.30. The maximum atomic E-state index is 13.5. The molecule has 1 aliphatic heterocycles. The second-order valence-corrected chi connectivity index (χ2v) is 8.95. The van der Waals surface area contributed by atoms with Gasteiger partial charge in [0.05, 0.1) is 17.6 Å². The Hall–Kier alpha value is -3.10. The van der Waals surface area contributed by atoms with Gasteiger partial charge in [0.2, 0.25) is 0 Å². The first kappa shape index (κ1) is 20.2. The van der Waals surface area contributed by atoms with E-state index in [9.17, 15) is 14.4 Å². The lowest BCUT2D eigenvalue weighted by Crippen LogP contribution is -2.42. The van der Waals surface area contributed by atoms with Crippen LogP contribution >= 0.6 is 11.6 Å². The standard InChI is InChI=1S/C24H21ClFN3O/c1-24(2)11-19-22(20(30)12-24)21(14-6-8-16(26)9-7-14)18(13-27)23(28)29(19)17-5-3-4-15(25)10-17/h3-10,21H,11-12,28H2,1-2H3/t21-/m0/s1. The molecule has 0 fully saturated rings. The SMILES string of the molecule is CC1(C)CC(=O)C2=C(C1)N(c1cccc(Cl)c1)C(N)=C(C#N)[C@@H]2c1ccc(F)cc1. The topological polar surface area (TPSA) is 70.1 Å². The molecule has 30 heavy (non-hydrogen) atoms. The number of nitrogens with two attached hydrogens (primary N) is 1. The number of anilines is 1. The molecule has 2 aromatic rings. The monoisotopic (exact) mass is 421 g/mol. The summed E-state index contributed by atoms with van der Waals surface area (Å²) in [4.78, 5) is 15.1. The highest BCUT2D eigenvalue weighted by Crippen LogP contribution is 2.50. The van der Waals surface area contributed by atoms with Crippen LogP contribution in [0.15, 0.2) is 71.2 Å². The number of nitriles is 1. The molecule has 0 saturated heterocycles. The van der Waals surface area contributed by atoms with Crippen LogP contribution in [-0.2, 0) is 4.79 Å². The van der Waals surface area contributed by atoms with Crippen LogP contribution in [0.4, 0.5) is 10.1 Å². The maximum Gasteiger partial charge on any atom is 0.162 e. The van der Waals surface area contributed by atoms with Gasteiger partial charge in [-0.05, 0) is 47.7 Å². The molecule has 0 amide bonds. The van der Waals surface area contributed by atoms with Gasteiger partial charge in [0.1, 0.15) is 11.6 Å². The summed E-state index contributed by atoms with van der Waals surface area (Å²) in [6, 6.07) is 15.3. The fourth-order valence-electron chi connectivity index (χ4n) is 4.41. The largest absolute Gasteiger partial charge is 0.384 e. The summed E-state index contributed by atoms with van der Waals surface area (Å²) in [5.74, 6) is -0.762. The minimum atomic E-state index is -0.621. The van der Waals surface area contributed by atoms with Crippen molar-refractivity contribution in [2.75, 3.05) is 4.90 Å². The average Bonchev–Trinajstić information content (AvgIpc) is 2.67. The van der Waals surface area contributed by atoms with E-state index in [1.54, 1.807) is 35.2 Å². The van der Waals surface area contributed by atoms with Gasteiger partial charge in [-0.3, -0.25) is 9.69 Å². The van der Waals surface area contributed by atoms with Crippen molar-refractivity contribution in [2.24, 2.45) is 11.1 Å². The molecular weight excluding hydrogens is 401 g/mol. The molecule has 0 bridgehead atoms. The molecule has 4 nitrogen and oxygen atoms in total. The molecule has 1 atom stereocenters. The zero-order chi connectivity index (χ0) is 21.6. The zero-order valence-electron chi connectivity index (χ0n) is 16.7. The van der Waals surface area contributed by atoms with Crippen molar-refractivity contribution in [2.45, 2.75) is 32.6 Å². The fourth-order valence-corrected chi connectivity index (χ4v) is 4.59. The number of benzene rings is 2. The van der Waals surface area contributed by atoms with Crippen molar-refractivity contribution in [3.8, 4) is 6.07 Å². The van der Waals surface area contributed by atoms with E-state index in [0.717, 1.165) is 5.70 Å². The number of allylic oxidation sites excluding steroid dienone is 3. The van der Waals surface area contributed by atoms with Crippen LogP contribution < -0.4 is 10.6 Å². The molecule has 2 N–H and O–H groups in total. The van der Waals surface area contributed by atoms with Crippen LogP contribution in [0.25, 0.3) is 0 Å². The summed E-state index contributed by atoms with van der Waals surface area (Å²) in [6.45, 7) is 4.08. The molecule has 0 spiro atoms. The zero-order valence-corrected chi connectivity index (χ0v) is 17.5. The Kier molecular flexibility index (Phi) is 4.91. The van der Waals surface area contributed by atoms with E-state index in [0.29, 0.717) is 34.7 Å². The van der Waals surface area contributed by atoms with Gasteiger partial charge >= 0.3 is 0 Å². The summed E-state index contributed by atoms with van der Waals surface area (Å²) in [6.07, 6.45) is 0.975. The minimum Gasteiger partial charge on any atom is -0.384 e. The first-order valence-corrected chi connectivity index (χ1v) is 10.1. The van der Waals surface area contributed by atoms with E-state index in [1.165, 1.54) is 12.1 Å². The van der Waals surface area contributed by atoms with Crippen LogP contribution in [0.5, 0.6) is 0 Å². The van der Waals surface area contributed by atoms with E-state index >= 15 is 0 Å². The molecule has 152 valence electrons. The number of hydrogen-bond donors (Lipinski definition) is 1. The van der Waals surface area contributed by atoms with Crippen molar-refractivity contribution in [3.05, 3.63) is 87.6 Å². The van der Waals surface area contributed by atoms with Crippen molar-refractivity contribution in [3.63, 3.8) is 0 Å². The first-order chi connectivity index (χ1) is 14.2. The number of nitrogens with zero attached hydrogens (tertiary/aromatic N) is 2. The predicted molar refractivity (Wildman–Crippen MR) is 115 cm³/mol. The fraction of sp³-hybridized carbons (Fsp3) is 0.250. The Morgan fingerprint density at radius 3 is 2.53 bits per heavy atom. The van der Waals surface area contributed by atoms with Crippen molar-refractivity contribution < 1.29 is 9.18 Å². The summed E-state index contributed by atoms with van der Waals surface area (Å²) in [5, 5.41) is 10.5. The lowest BCUT2D eigenvalue weighted by Gasteiger charge is -2.43. The minimum absolute atomic E-state index is 0.0251. The van der Waals surface area contributed by atoms with Gasteiger partial charge in [-0.2, -0.15) is 5.26 Å². The number of rotatable bonds is 2. The molecule has 0 radical (unpaired) electrons. The van der Waals surface area contributed by atoms with Gasteiger partial charge in [0, 0.05) is 28.4 Å². The molecule has 4 rings (SSSR count). The quantitative estimate of drug-likeness (QED) is 0.702. The lowest BCUT2D eigenvalue weighted by atomic mass is 9.68. The Bertz CT molecular complexity index is 1140. The molecule has 1 aliphatic carbocycles. The maximum absolute atomic E-state index is 13.5. The Labute approximate surface area is 180 Å². The van der Waals surface area contributed by atoms with E-state index in [2.05, 4.69) is 6.07 Å². The number of carbonyl (C=O) groups is 1. The third kappa shape index (κ3) is 3.38. The first-order valence-electron chi connectivity index (χ1n) is 9.69. The van der Waals surface area contributed by atoms with Crippen molar-refractivity contribution in [1.82, 2.24) is 0 Å². The van der Waals surface area contributed by atoms with Gasteiger partial charge in [-0.15, -0.1) is 0 Å². The number of ketones is 1. The number of hydrogen-bond acceptors (Lipinski definition) is 4. The second kappa shape index (κ2) is 7.30. The van der Waals surface area contributed by atoms with Gasteiger partial charge < -0.3 is 5.73 Å². The normalized spacial score (nSPS) is 20.8. The molecular formula is C24H21ClFN3O. The lowest BCUT2D eigenvalue weighted by molar-refractivity contribution is -0.118. The van der Waals surface area contributed by atoms with Crippen LogP contribution in [-0.4, -0.2) is 5.78 Å². The summed E-state index contributed by atoms with van der Waals surface area (Å²) < 4.78 is 13.5. The highest BCUT2D eigenvalue weighted by atomic mass is 35.5. The van der Waals surface area contributed by atoms with E-state index in [-0.39, 0.29) is 28.4 Å². The second-order valence-electron chi connectivity index (χ2n) is 8.51. The van der Waals surface area contributed by atoms with Crippen molar-refractivity contribution in [1.29, 1.82) is 5.26 Å². The van der Waals surface area contributed by atoms with Crippen LogP contribution in [0.1, 0.15) is 38.2 Å². The molecule has 0 unspecified atom stereocenters. The highest BCUT2D eigenvalue weighted by Gasteiger charge is 2.44. The molecule has 0 aromatic heterocycles. The third-order valence-corrected chi connectivity index (χ3v) is 5.89. The molecule has 2 aromatic carbocycles. The number of carbonyl (C=O) groups excluding carboxylic acids is 1.